The normalized spacial score (nSPS) is 16.9. The Bertz CT molecular complexity index is 1530. The number of carbonyl (C=O) groups excluding carboxylic acids is 2. The first-order valence-electron chi connectivity index (χ1n) is 11.6. The standard InChI is InChI=1S/C25H24N8O2/c1-14-5-16(7-20(6-14)32-12-15(2)26-13-32)8-21-29-23-18(9-17-10-22(34)31-24(17)35)11-27-33(23)25(30-21)28-19-3-4-19/h5-7,9,11-13,19H,3-4,8,10H2,1-2H3,(H,28,29,30)(H,31,34,35)/b17-9+. The zero-order valence-corrected chi connectivity index (χ0v) is 19.4. The molecule has 2 aliphatic rings. The number of anilines is 1. The van der Waals surface area contributed by atoms with Gasteiger partial charge < -0.3 is 9.88 Å². The van der Waals surface area contributed by atoms with Crippen molar-refractivity contribution in [1.29, 1.82) is 0 Å². The molecular weight excluding hydrogens is 444 g/mol. The Kier molecular flexibility index (Phi) is 4.94. The van der Waals surface area contributed by atoms with Crippen molar-refractivity contribution < 1.29 is 9.59 Å². The smallest absolute Gasteiger partial charge is 0.254 e. The van der Waals surface area contributed by atoms with Crippen LogP contribution in [0.3, 0.4) is 0 Å². The van der Waals surface area contributed by atoms with Crippen LogP contribution in [0, 0.1) is 13.8 Å². The lowest BCUT2D eigenvalue weighted by atomic mass is 10.1. The maximum Gasteiger partial charge on any atom is 0.254 e. The highest BCUT2D eigenvalue weighted by atomic mass is 16.2. The van der Waals surface area contributed by atoms with E-state index in [1.165, 1.54) is 0 Å². The van der Waals surface area contributed by atoms with E-state index in [1.807, 2.05) is 24.0 Å². The van der Waals surface area contributed by atoms with Crippen LogP contribution in [0.5, 0.6) is 0 Å². The molecule has 1 aliphatic heterocycles. The number of aryl methyl sites for hydroxylation is 2. The molecule has 4 aromatic rings. The maximum atomic E-state index is 12.1. The SMILES string of the molecule is Cc1cc(Cc2nc(NC3CC3)n3ncc(/C=C4\CC(=O)NC4=O)c3n2)cc(-n2cnc(C)c2)c1. The summed E-state index contributed by atoms with van der Waals surface area (Å²) in [4.78, 5) is 37.6. The van der Waals surface area contributed by atoms with E-state index < -0.39 is 0 Å². The summed E-state index contributed by atoms with van der Waals surface area (Å²) in [6.07, 6.45) is 9.91. The molecule has 35 heavy (non-hydrogen) atoms. The monoisotopic (exact) mass is 468 g/mol. The molecule has 1 aliphatic carbocycles. The molecule has 0 spiro atoms. The van der Waals surface area contributed by atoms with Gasteiger partial charge in [-0.1, -0.05) is 6.07 Å². The first-order chi connectivity index (χ1) is 16.9. The largest absolute Gasteiger partial charge is 0.351 e. The van der Waals surface area contributed by atoms with Gasteiger partial charge in [-0.15, -0.1) is 0 Å². The third kappa shape index (κ3) is 4.30. The first-order valence-corrected chi connectivity index (χ1v) is 11.6. The summed E-state index contributed by atoms with van der Waals surface area (Å²) in [5.41, 5.74) is 5.87. The number of hydrogen-bond acceptors (Lipinski definition) is 7. The molecule has 0 radical (unpaired) electrons. The van der Waals surface area contributed by atoms with Gasteiger partial charge in [0.05, 0.1) is 24.6 Å². The first kappa shape index (κ1) is 21.2. The third-order valence-corrected chi connectivity index (χ3v) is 6.07. The van der Waals surface area contributed by atoms with Gasteiger partial charge >= 0.3 is 0 Å². The summed E-state index contributed by atoms with van der Waals surface area (Å²) in [5, 5.41) is 10.2. The lowest BCUT2D eigenvalue weighted by Crippen LogP contribution is -2.19. The number of imidazole rings is 1. The summed E-state index contributed by atoms with van der Waals surface area (Å²) in [7, 11) is 0. The number of rotatable bonds is 6. The van der Waals surface area contributed by atoms with Crippen LogP contribution in [0.2, 0.25) is 0 Å². The molecule has 2 amide bonds. The zero-order valence-electron chi connectivity index (χ0n) is 19.4. The van der Waals surface area contributed by atoms with E-state index in [1.54, 1.807) is 16.8 Å². The lowest BCUT2D eigenvalue weighted by Gasteiger charge is -2.11. The Balaban J connectivity index is 1.40. The molecule has 1 saturated heterocycles. The predicted octanol–water partition coefficient (Wildman–Crippen LogP) is 2.52. The van der Waals surface area contributed by atoms with Crippen molar-refractivity contribution in [1.82, 2.24) is 34.4 Å². The van der Waals surface area contributed by atoms with E-state index in [2.05, 4.69) is 45.8 Å². The van der Waals surface area contributed by atoms with Crippen LogP contribution >= 0.6 is 0 Å². The van der Waals surface area contributed by atoms with Crippen molar-refractivity contribution in [3.63, 3.8) is 0 Å². The number of hydrogen-bond donors (Lipinski definition) is 2. The summed E-state index contributed by atoms with van der Waals surface area (Å²) in [5.74, 6) is 0.600. The molecule has 2 fully saturated rings. The third-order valence-electron chi connectivity index (χ3n) is 6.07. The molecule has 3 aromatic heterocycles. The fourth-order valence-electron chi connectivity index (χ4n) is 4.27. The van der Waals surface area contributed by atoms with Gasteiger partial charge in [0.15, 0.2) is 5.65 Å². The van der Waals surface area contributed by atoms with Crippen LogP contribution in [-0.4, -0.2) is 47.0 Å². The van der Waals surface area contributed by atoms with Crippen molar-refractivity contribution in [3.05, 3.63) is 70.7 Å². The number of imide groups is 1. The predicted molar refractivity (Wildman–Crippen MR) is 129 cm³/mol. The zero-order chi connectivity index (χ0) is 24.1. The second kappa shape index (κ2) is 8.15. The van der Waals surface area contributed by atoms with Crippen molar-refractivity contribution >= 4 is 29.5 Å². The van der Waals surface area contributed by atoms with Crippen molar-refractivity contribution in [2.24, 2.45) is 0 Å². The number of nitrogens with zero attached hydrogens (tertiary/aromatic N) is 6. The van der Waals surface area contributed by atoms with E-state index in [0.29, 0.717) is 41.0 Å². The average Bonchev–Trinajstić information content (AvgIpc) is 3.20. The summed E-state index contributed by atoms with van der Waals surface area (Å²) in [6, 6.07) is 6.73. The number of fused-ring (bicyclic) bond motifs is 1. The fourth-order valence-corrected chi connectivity index (χ4v) is 4.27. The Morgan fingerprint density at radius 2 is 2.03 bits per heavy atom. The molecular formula is C25H24N8O2. The van der Waals surface area contributed by atoms with Gasteiger partial charge in [-0.3, -0.25) is 14.9 Å². The maximum absolute atomic E-state index is 12.1. The molecule has 10 heteroatoms. The molecule has 4 heterocycles. The van der Waals surface area contributed by atoms with Crippen LogP contribution in [0.25, 0.3) is 17.4 Å². The Morgan fingerprint density at radius 3 is 2.74 bits per heavy atom. The van der Waals surface area contributed by atoms with Gasteiger partial charge in [0.2, 0.25) is 11.9 Å². The van der Waals surface area contributed by atoms with E-state index >= 15 is 0 Å². The van der Waals surface area contributed by atoms with Gasteiger partial charge in [-0.05, 0) is 56.0 Å². The van der Waals surface area contributed by atoms with Crippen molar-refractivity contribution in [2.45, 2.75) is 45.6 Å². The lowest BCUT2D eigenvalue weighted by molar-refractivity contribution is -0.124. The van der Waals surface area contributed by atoms with Crippen LogP contribution < -0.4 is 10.6 Å². The van der Waals surface area contributed by atoms with Crippen LogP contribution in [-0.2, 0) is 16.0 Å². The number of nitrogens with one attached hydrogen (secondary N) is 2. The van der Waals surface area contributed by atoms with Gasteiger partial charge in [0, 0.05) is 35.5 Å². The van der Waals surface area contributed by atoms with Gasteiger partial charge in [0.25, 0.3) is 5.91 Å². The topological polar surface area (TPSA) is 119 Å². The second-order valence-corrected chi connectivity index (χ2v) is 9.22. The van der Waals surface area contributed by atoms with E-state index in [4.69, 9.17) is 9.97 Å². The summed E-state index contributed by atoms with van der Waals surface area (Å²) in [6.45, 7) is 4.03. The number of benzene rings is 1. The minimum Gasteiger partial charge on any atom is -0.351 e. The number of aromatic nitrogens is 6. The minimum atomic E-state index is -0.373. The number of carbonyl (C=O) groups is 2. The average molecular weight is 469 g/mol. The molecule has 0 atom stereocenters. The van der Waals surface area contributed by atoms with Crippen LogP contribution in [0.1, 0.15) is 47.5 Å². The Morgan fingerprint density at radius 1 is 1.17 bits per heavy atom. The quantitative estimate of drug-likeness (QED) is 0.330. The van der Waals surface area contributed by atoms with E-state index in [-0.39, 0.29) is 18.2 Å². The highest BCUT2D eigenvalue weighted by molar-refractivity contribution is 6.15. The molecule has 2 N–H and O–H groups in total. The fraction of sp³-hybridized carbons (Fsp3) is 0.280. The van der Waals surface area contributed by atoms with E-state index in [0.717, 1.165) is 35.3 Å². The molecule has 0 unspecified atom stereocenters. The van der Waals surface area contributed by atoms with Gasteiger partial charge in [-0.25, -0.2) is 9.97 Å². The van der Waals surface area contributed by atoms with Crippen molar-refractivity contribution in [2.75, 3.05) is 5.32 Å². The molecule has 176 valence electrons. The Labute approximate surface area is 201 Å². The molecule has 0 bridgehead atoms. The molecule has 6 rings (SSSR count). The van der Waals surface area contributed by atoms with Crippen LogP contribution in [0.4, 0.5) is 5.95 Å². The van der Waals surface area contributed by atoms with Gasteiger partial charge in [0.1, 0.15) is 5.82 Å². The Hall–Kier alpha value is -4.34. The highest BCUT2D eigenvalue weighted by Crippen LogP contribution is 2.26. The summed E-state index contributed by atoms with van der Waals surface area (Å²) < 4.78 is 3.67. The van der Waals surface area contributed by atoms with Crippen LogP contribution in [0.15, 0.2) is 42.5 Å². The van der Waals surface area contributed by atoms with E-state index in [9.17, 15) is 9.59 Å². The summed E-state index contributed by atoms with van der Waals surface area (Å²) >= 11 is 0. The number of amides is 2. The second-order valence-electron chi connectivity index (χ2n) is 9.22. The molecule has 10 nitrogen and oxygen atoms in total. The van der Waals surface area contributed by atoms with Gasteiger partial charge in [-0.2, -0.15) is 14.6 Å². The van der Waals surface area contributed by atoms with Crippen molar-refractivity contribution in [3.8, 4) is 5.69 Å². The molecule has 1 aromatic carbocycles. The highest BCUT2D eigenvalue weighted by Gasteiger charge is 2.26. The molecule has 1 saturated carbocycles. The minimum absolute atomic E-state index is 0.0566.